The maximum Gasteiger partial charge on any atom is 0.417 e. The highest BCUT2D eigenvalue weighted by atomic mass is 19.4. The van der Waals surface area contributed by atoms with Crippen molar-refractivity contribution in [2.24, 2.45) is 0 Å². The maximum absolute atomic E-state index is 14.2. The molecule has 0 bridgehead atoms. The lowest BCUT2D eigenvalue weighted by Gasteiger charge is -2.15. The molecular weight excluding hydrogens is 664 g/mol. The lowest BCUT2D eigenvalue weighted by atomic mass is 9.95. The quantitative estimate of drug-likeness (QED) is 0.173. The number of halogens is 6. The first-order valence-corrected chi connectivity index (χ1v) is 15.5. The minimum Gasteiger partial charge on any atom is -0.308 e. The molecule has 0 aliphatic heterocycles. The standard InChI is InChI=1S/C40H23F6N5/c1-22-3-8-31(34(13-22)40(44,45)46)26-6-12-37-33(17-26)32-16-25(30-9-7-29(14-23(30)2)39(41,42)43)5-11-36(32)51(37)35-10-4-24(15-27(35)18-47)28-20-49-38(19-48)50-21-28/h3-17,20-21H,1-2H3. The van der Waals surface area contributed by atoms with Gasteiger partial charge in [0.05, 0.1) is 33.4 Å². The first-order chi connectivity index (χ1) is 24.3. The van der Waals surface area contributed by atoms with Gasteiger partial charge in [0.1, 0.15) is 12.1 Å². The molecule has 0 aliphatic rings. The van der Waals surface area contributed by atoms with Crippen LogP contribution in [0, 0.1) is 36.5 Å². The summed E-state index contributed by atoms with van der Waals surface area (Å²) in [6, 6.07) is 27.3. The second-order valence-corrected chi connectivity index (χ2v) is 12.1. The molecule has 0 aliphatic carbocycles. The molecule has 250 valence electrons. The predicted molar refractivity (Wildman–Crippen MR) is 182 cm³/mol. The number of hydrogen-bond acceptors (Lipinski definition) is 4. The first kappa shape index (κ1) is 33.1. The fourth-order valence-electron chi connectivity index (χ4n) is 6.46. The average Bonchev–Trinajstić information content (AvgIpc) is 3.43. The van der Waals surface area contributed by atoms with Crippen molar-refractivity contribution < 1.29 is 26.3 Å². The van der Waals surface area contributed by atoms with Crippen LogP contribution in [0.2, 0.25) is 0 Å². The molecule has 5 nitrogen and oxygen atoms in total. The van der Waals surface area contributed by atoms with E-state index in [-0.39, 0.29) is 17.0 Å². The molecule has 2 heterocycles. The van der Waals surface area contributed by atoms with Crippen LogP contribution in [0.3, 0.4) is 0 Å². The number of alkyl halides is 6. The van der Waals surface area contributed by atoms with Gasteiger partial charge in [-0.15, -0.1) is 0 Å². The third kappa shape index (κ3) is 5.93. The van der Waals surface area contributed by atoms with E-state index in [1.807, 2.05) is 16.7 Å². The van der Waals surface area contributed by atoms with Crippen molar-refractivity contribution in [1.82, 2.24) is 14.5 Å². The molecule has 0 saturated carbocycles. The zero-order valence-corrected chi connectivity index (χ0v) is 26.8. The van der Waals surface area contributed by atoms with Crippen molar-refractivity contribution in [2.45, 2.75) is 26.2 Å². The van der Waals surface area contributed by atoms with Gasteiger partial charge in [0.15, 0.2) is 0 Å². The highest BCUT2D eigenvalue weighted by Gasteiger charge is 2.34. The molecular formula is C40H23F6N5. The Hall–Kier alpha value is -6.46. The van der Waals surface area contributed by atoms with Crippen LogP contribution in [0.1, 0.15) is 33.6 Å². The van der Waals surface area contributed by atoms with E-state index in [4.69, 9.17) is 5.26 Å². The molecule has 2 aromatic heterocycles. The van der Waals surface area contributed by atoms with Crippen LogP contribution in [-0.2, 0) is 12.4 Å². The monoisotopic (exact) mass is 687 g/mol. The van der Waals surface area contributed by atoms with Gasteiger partial charge >= 0.3 is 12.4 Å². The van der Waals surface area contributed by atoms with Gasteiger partial charge in [-0.05, 0) is 102 Å². The van der Waals surface area contributed by atoms with Crippen molar-refractivity contribution in [2.75, 3.05) is 0 Å². The van der Waals surface area contributed by atoms with E-state index in [0.717, 1.165) is 18.2 Å². The highest BCUT2D eigenvalue weighted by Crippen LogP contribution is 2.42. The van der Waals surface area contributed by atoms with E-state index in [1.165, 1.54) is 24.5 Å². The van der Waals surface area contributed by atoms with Crippen LogP contribution in [0.4, 0.5) is 26.3 Å². The largest absolute Gasteiger partial charge is 0.417 e. The molecule has 7 aromatic rings. The summed E-state index contributed by atoms with van der Waals surface area (Å²) < 4.78 is 84.9. The molecule has 0 spiro atoms. The minimum atomic E-state index is -4.61. The van der Waals surface area contributed by atoms with Crippen LogP contribution in [0.15, 0.2) is 103 Å². The molecule has 0 atom stereocenters. The normalized spacial score (nSPS) is 11.9. The predicted octanol–water partition coefficient (Wildman–Crippen LogP) is 11.0. The molecule has 5 aromatic carbocycles. The van der Waals surface area contributed by atoms with Crippen molar-refractivity contribution in [1.29, 1.82) is 10.5 Å². The Kier molecular flexibility index (Phi) is 7.87. The Balaban J connectivity index is 1.48. The van der Waals surface area contributed by atoms with Crippen LogP contribution in [0.5, 0.6) is 0 Å². The minimum absolute atomic E-state index is 0.000577. The number of fused-ring (bicyclic) bond motifs is 3. The Morgan fingerprint density at radius 3 is 1.76 bits per heavy atom. The molecule has 0 radical (unpaired) electrons. The maximum atomic E-state index is 14.2. The number of aromatic nitrogens is 3. The number of rotatable bonds is 4. The Morgan fingerprint density at radius 1 is 0.588 bits per heavy atom. The molecule has 0 saturated heterocycles. The van der Waals surface area contributed by atoms with E-state index in [0.29, 0.717) is 66.4 Å². The average molecular weight is 688 g/mol. The summed E-state index contributed by atoms with van der Waals surface area (Å²) in [4.78, 5) is 8.02. The fraction of sp³-hybridized carbons (Fsp3) is 0.100. The van der Waals surface area contributed by atoms with Crippen molar-refractivity contribution in [3.8, 4) is 51.2 Å². The molecule has 0 unspecified atom stereocenters. The van der Waals surface area contributed by atoms with Crippen molar-refractivity contribution in [3.05, 3.63) is 137 Å². The van der Waals surface area contributed by atoms with E-state index >= 15 is 0 Å². The fourth-order valence-corrected chi connectivity index (χ4v) is 6.46. The summed E-state index contributed by atoms with van der Waals surface area (Å²) >= 11 is 0. The van der Waals surface area contributed by atoms with Gasteiger partial charge < -0.3 is 4.57 Å². The van der Waals surface area contributed by atoms with E-state index in [9.17, 15) is 31.6 Å². The number of aryl methyl sites for hydroxylation is 2. The van der Waals surface area contributed by atoms with E-state index in [1.54, 1.807) is 68.4 Å². The van der Waals surface area contributed by atoms with Gasteiger partial charge in [-0.1, -0.05) is 42.0 Å². The summed E-state index contributed by atoms with van der Waals surface area (Å²) in [5, 5.41) is 20.6. The van der Waals surface area contributed by atoms with Crippen LogP contribution in [0.25, 0.3) is 60.9 Å². The lowest BCUT2D eigenvalue weighted by Crippen LogP contribution is -2.07. The van der Waals surface area contributed by atoms with Gasteiger partial charge in [0.25, 0.3) is 0 Å². The summed E-state index contributed by atoms with van der Waals surface area (Å²) in [6.07, 6.45) is -6.16. The van der Waals surface area contributed by atoms with Crippen LogP contribution >= 0.6 is 0 Å². The van der Waals surface area contributed by atoms with Gasteiger partial charge in [-0.25, -0.2) is 9.97 Å². The molecule has 0 N–H and O–H groups in total. The second-order valence-electron chi connectivity index (χ2n) is 12.1. The number of nitriles is 2. The number of hydrogen-bond donors (Lipinski definition) is 0. The van der Waals surface area contributed by atoms with Gasteiger partial charge in [-0.2, -0.15) is 36.9 Å². The first-order valence-electron chi connectivity index (χ1n) is 15.5. The Morgan fingerprint density at radius 2 is 1.20 bits per heavy atom. The summed E-state index contributed by atoms with van der Waals surface area (Å²) in [5.74, 6) is -0.000577. The molecule has 7 rings (SSSR count). The van der Waals surface area contributed by atoms with Crippen molar-refractivity contribution >= 4 is 21.8 Å². The summed E-state index contributed by atoms with van der Waals surface area (Å²) in [6.45, 7) is 3.18. The Bertz CT molecular complexity index is 2600. The second kappa shape index (κ2) is 12.1. The van der Waals surface area contributed by atoms with E-state index < -0.39 is 23.5 Å². The zero-order chi connectivity index (χ0) is 36.2. The van der Waals surface area contributed by atoms with E-state index in [2.05, 4.69) is 16.0 Å². The topological polar surface area (TPSA) is 78.3 Å². The lowest BCUT2D eigenvalue weighted by molar-refractivity contribution is -0.138. The van der Waals surface area contributed by atoms with Gasteiger partial charge in [0.2, 0.25) is 5.82 Å². The Labute approximate surface area is 287 Å². The van der Waals surface area contributed by atoms with Gasteiger partial charge in [-0.3, -0.25) is 0 Å². The zero-order valence-electron chi connectivity index (χ0n) is 26.8. The summed E-state index contributed by atoms with van der Waals surface area (Å²) in [5.41, 5.74) is 4.01. The number of benzene rings is 5. The molecule has 51 heavy (non-hydrogen) atoms. The molecule has 0 amide bonds. The van der Waals surface area contributed by atoms with Crippen molar-refractivity contribution in [3.63, 3.8) is 0 Å². The van der Waals surface area contributed by atoms with Gasteiger partial charge in [0, 0.05) is 28.7 Å². The third-order valence-electron chi connectivity index (χ3n) is 8.86. The smallest absolute Gasteiger partial charge is 0.308 e. The SMILES string of the molecule is Cc1ccc(-c2ccc3c(c2)c2cc(-c4ccc(C(F)(F)F)cc4C)ccc2n3-c2ccc(-c3cnc(C#N)nc3)cc2C#N)c(C(F)(F)F)c1. The summed E-state index contributed by atoms with van der Waals surface area (Å²) in [7, 11) is 0. The molecule has 11 heteroatoms. The molecule has 0 fully saturated rings. The van der Waals surface area contributed by atoms with Crippen LogP contribution in [-0.4, -0.2) is 14.5 Å². The highest BCUT2D eigenvalue weighted by molar-refractivity contribution is 6.12. The van der Waals surface area contributed by atoms with Crippen LogP contribution < -0.4 is 0 Å². The number of nitrogens with zero attached hydrogens (tertiary/aromatic N) is 5. The third-order valence-corrected chi connectivity index (χ3v) is 8.86.